The zero-order valence-electron chi connectivity index (χ0n) is 13.7. The Kier molecular flexibility index (Phi) is 5.26. The Morgan fingerprint density at radius 2 is 1.84 bits per heavy atom. The zero-order valence-corrected chi connectivity index (χ0v) is 14.5. The van der Waals surface area contributed by atoms with E-state index in [1.54, 1.807) is 12.3 Å². The topological polar surface area (TPSA) is 99.0 Å². The van der Waals surface area contributed by atoms with Gasteiger partial charge >= 0.3 is 0 Å². The van der Waals surface area contributed by atoms with Crippen LogP contribution >= 0.6 is 0 Å². The first-order chi connectivity index (χ1) is 12.1. The Bertz CT molecular complexity index is 869. The predicted octanol–water partition coefficient (Wildman–Crippen LogP) is 1.82. The highest BCUT2D eigenvalue weighted by Crippen LogP contribution is 2.16. The number of hydrogen-bond donors (Lipinski definition) is 1. The molecular weight excluding hydrogens is 338 g/mol. The lowest BCUT2D eigenvalue weighted by Gasteiger charge is -2.26. The molecule has 0 bridgehead atoms. The molecule has 0 radical (unpaired) electrons. The number of benzene rings is 1. The molecule has 1 saturated heterocycles. The van der Waals surface area contributed by atoms with E-state index in [9.17, 15) is 8.42 Å². The van der Waals surface area contributed by atoms with Crippen LogP contribution < -0.4 is 9.62 Å². The van der Waals surface area contributed by atoms with Crippen LogP contribution in [-0.2, 0) is 16.6 Å². The summed E-state index contributed by atoms with van der Waals surface area (Å²) in [4.78, 5) is 11.0. The first kappa shape index (κ1) is 17.3. The van der Waals surface area contributed by atoms with Gasteiger partial charge in [-0.1, -0.05) is 0 Å². The molecule has 2 heterocycles. The summed E-state index contributed by atoms with van der Waals surface area (Å²) >= 11 is 0. The van der Waals surface area contributed by atoms with Gasteiger partial charge in [-0.2, -0.15) is 5.26 Å². The highest BCUT2D eigenvalue weighted by Gasteiger charge is 2.16. The van der Waals surface area contributed by atoms with Gasteiger partial charge < -0.3 is 4.90 Å². The van der Waals surface area contributed by atoms with Gasteiger partial charge in [0.1, 0.15) is 0 Å². The van der Waals surface area contributed by atoms with Crippen molar-refractivity contribution >= 4 is 16.0 Å². The Labute approximate surface area is 147 Å². The fraction of sp³-hybridized carbons (Fsp3) is 0.353. The van der Waals surface area contributed by atoms with Gasteiger partial charge in [-0.15, -0.1) is 0 Å². The molecule has 1 aliphatic heterocycles. The molecule has 2 aromatic rings. The molecule has 25 heavy (non-hydrogen) atoms. The Morgan fingerprint density at radius 3 is 2.52 bits per heavy atom. The van der Waals surface area contributed by atoms with Crippen LogP contribution in [0.4, 0.5) is 5.95 Å². The van der Waals surface area contributed by atoms with E-state index in [1.807, 2.05) is 6.07 Å². The molecular formula is C17H19N5O2S. The lowest BCUT2D eigenvalue weighted by Crippen LogP contribution is -2.31. The van der Waals surface area contributed by atoms with Gasteiger partial charge in [0, 0.05) is 19.3 Å². The number of anilines is 1. The van der Waals surface area contributed by atoms with E-state index in [0.29, 0.717) is 17.2 Å². The number of sulfonamides is 1. The number of nitrogens with zero attached hydrogens (tertiary/aromatic N) is 4. The number of aromatic nitrogens is 2. The van der Waals surface area contributed by atoms with E-state index in [1.165, 1.54) is 30.7 Å². The summed E-state index contributed by atoms with van der Waals surface area (Å²) in [6.45, 7) is 1.95. The van der Waals surface area contributed by atoms with Crippen molar-refractivity contribution in [3.63, 3.8) is 0 Å². The smallest absolute Gasteiger partial charge is 0.240 e. The summed E-state index contributed by atoms with van der Waals surface area (Å²) in [5.74, 6) is 0.648. The normalized spacial score (nSPS) is 14.9. The van der Waals surface area contributed by atoms with E-state index in [2.05, 4.69) is 19.6 Å². The minimum Gasteiger partial charge on any atom is -0.341 e. The van der Waals surface area contributed by atoms with Crippen molar-refractivity contribution in [3.05, 3.63) is 47.8 Å². The molecule has 0 atom stereocenters. The summed E-state index contributed by atoms with van der Waals surface area (Å²) in [7, 11) is -3.65. The number of rotatable bonds is 5. The molecule has 1 fully saturated rings. The average Bonchev–Trinajstić information content (AvgIpc) is 2.67. The van der Waals surface area contributed by atoms with Crippen LogP contribution in [-0.4, -0.2) is 31.5 Å². The molecule has 1 aromatic carbocycles. The molecule has 0 aliphatic carbocycles. The van der Waals surface area contributed by atoms with Gasteiger partial charge in [0.15, 0.2) is 0 Å². The van der Waals surface area contributed by atoms with E-state index < -0.39 is 10.0 Å². The number of hydrogen-bond acceptors (Lipinski definition) is 6. The molecule has 0 amide bonds. The molecule has 0 unspecified atom stereocenters. The van der Waals surface area contributed by atoms with Gasteiger partial charge in [0.05, 0.1) is 28.8 Å². The van der Waals surface area contributed by atoms with Gasteiger partial charge in [-0.25, -0.2) is 23.1 Å². The van der Waals surface area contributed by atoms with Crippen molar-refractivity contribution < 1.29 is 8.42 Å². The Balaban J connectivity index is 1.69. The van der Waals surface area contributed by atoms with Gasteiger partial charge in [-0.3, -0.25) is 0 Å². The largest absolute Gasteiger partial charge is 0.341 e. The van der Waals surface area contributed by atoms with Crippen LogP contribution in [0.1, 0.15) is 30.5 Å². The van der Waals surface area contributed by atoms with Crippen LogP contribution in [0, 0.1) is 11.3 Å². The predicted molar refractivity (Wildman–Crippen MR) is 93.3 cm³/mol. The lowest BCUT2D eigenvalue weighted by atomic mass is 10.1. The highest BCUT2D eigenvalue weighted by atomic mass is 32.2. The molecule has 3 rings (SSSR count). The SMILES string of the molecule is N#Cc1ccc(S(=O)(=O)NCc2ccnc(N3CCCCC3)n2)cc1. The third-order valence-corrected chi connectivity index (χ3v) is 5.49. The van der Waals surface area contributed by atoms with E-state index >= 15 is 0 Å². The monoisotopic (exact) mass is 357 g/mol. The summed E-state index contributed by atoms with van der Waals surface area (Å²) in [6, 6.07) is 9.46. The first-order valence-electron chi connectivity index (χ1n) is 8.15. The second-order valence-electron chi connectivity index (χ2n) is 5.86. The Morgan fingerprint density at radius 1 is 1.12 bits per heavy atom. The van der Waals surface area contributed by atoms with Crippen molar-refractivity contribution in [2.75, 3.05) is 18.0 Å². The second kappa shape index (κ2) is 7.59. The number of nitriles is 1. The van der Waals surface area contributed by atoms with Crippen molar-refractivity contribution in [3.8, 4) is 6.07 Å². The summed E-state index contributed by atoms with van der Waals surface area (Å²) in [5.41, 5.74) is 1.04. The molecule has 0 saturated carbocycles. The van der Waals surface area contributed by atoms with Crippen LogP contribution in [0.5, 0.6) is 0 Å². The fourth-order valence-corrected chi connectivity index (χ4v) is 3.69. The number of piperidine rings is 1. The average molecular weight is 357 g/mol. The summed E-state index contributed by atoms with van der Waals surface area (Å²) in [5, 5.41) is 8.78. The quantitative estimate of drug-likeness (QED) is 0.876. The minimum absolute atomic E-state index is 0.0890. The third-order valence-electron chi connectivity index (χ3n) is 4.08. The lowest BCUT2D eigenvalue weighted by molar-refractivity contribution is 0.566. The minimum atomic E-state index is -3.65. The molecule has 7 nitrogen and oxygen atoms in total. The third kappa shape index (κ3) is 4.32. The molecule has 1 aromatic heterocycles. The number of nitrogens with one attached hydrogen (secondary N) is 1. The maximum atomic E-state index is 12.3. The van der Waals surface area contributed by atoms with Crippen LogP contribution in [0.15, 0.2) is 41.4 Å². The second-order valence-corrected chi connectivity index (χ2v) is 7.62. The fourth-order valence-electron chi connectivity index (χ4n) is 2.69. The standard InChI is InChI=1S/C17H19N5O2S/c18-12-14-4-6-16(7-5-14)25(23,24)20-13-15-8-9-19-17(21-15)22-10-2-1-3-11-22/h4-9,20H,1-3,10-11,13H2. The zero-order chi connectivity index (χ0) is 17.7. The summed E-state index contributed by atoms with van der Waals surface area (Å²) < 4.78 is 27.2. The van der Waals surface area contributed by atoms with E-state index in [-0.39, 0.29) is 11.4 Å². The molecule has 130 valence electrons. The van der Waals surface area contributed by atoms with Crippen molar-refractivity contribution in [1.82, 2.24) is 14.7 Å². The van der Waals surface area contributed by atoms with E-state index in [4.69, 9.17) is 5.26 Å². The maximum absolute atomic E-state index is 12.3. The van der Waals surface area contributed by atoms with Gasteiger partial charge in [-0.05, 0) is 49.6 Å². The summed E-state index contributed by atoms with van der Waals surface area (Å²) in [6.07, 6.45) is 5.13. The van der Waals surface area contributed by atoms with E-state index in [0.717, 1.165) is 25.9 Å². The molecule has 1 aliphatic rings. The first-order valence-corrected chi connectivity index (χ1v) is 9.63. The Hall–Kier alpha value is -2.50. The van der Waals surface area contributed by atoms with Crippen LogP contribution in [0.3, 0.4) is 0 Å². The molecule has 8 heteroatoms. The van der Waals surface area contributed by atoms with Crippen LogP contribution in [0.2, 0.25) is 0 Å². The van der Waals surface area contributed by atoms with Gasteiger partial charge in [0.25, 0.3) is 0 Å². The molecule has 1 N–H and O–H groups in total. The van der Waals surface area contributed by atoms with Gasteiger partial charge in [0.2, 0.25) is 16.0 Å². The highest BCUT2D eigenvalue weighted by molar-refractivity contribution is 7.89. The van der Waals surface area contributed by atoms with Crippen molar-refractivity contribution in [1.29, 1.82) is 5.26 Å². The van der Waals surface area contributed by atoms with Crippen molar-refractivity contribution in [2.24, 2.45) is 0 Å². The van der Waals surface area contributed by atoms with Crippen LogP contribution in [0.25, 0.3) is 0 Å². The van der Waals surface area contributed by atoms with Crippen molar-refractivity contribution in [2.45, 2.75) is 30.7 Å². The maximum Gasteiger partial charge on any atom is 0.240 e. The molecule has 0 spiro atoms.